The molecule has 0 spiro atoms. The molecule has 3 aromatic rings. The first-order valence-electron chi connectivity index (χ1n) is 10.1. The van der Waals surface area contributed by atoms with E-state index in [1.807, 2.05) is 0 Å². The van der Waals surface area contributed by atoms with E-state index in [9.17, 15) is 28.0 Å². The summed E-state index contributed by atoms with van der Waals surface area (Å²) in [6, 6.07) is 10.0. The molecule has 2 aromatic carbocycles. The maximum Gasteiger partial charge on any atom is 0.339 e. The van der Waals surface area contributed by atoms with Crippen LogP contribution in [0, 0.1) is 11.6 Å². The largest absolute Gasteiger partial charge is 0.465 e. The molecular formula is C24H15ClF2N2O6S. The molecule has 0 aliphatic carbocycles. The van der Waals surface area contributed by atoms with Crippen molar-refractivity contribution in [1.29, 1.82) is 0 Å². The number of nitrogens with one attached hydrogen (secondary N) is 1. The van der Waals surface area contributed by atoms with E-state index < -0.39 is 41.2 Å². The Kier molecular flexibility index (Phi) is 7.22. The van der Waals surface area contributed by atoms with Crippen LogP contribution >= 0.6 is 23.4 Å². The van der Waals surface area contributed by atoms with Gasteiger partial charge in [0, 0.05) is 17.8 Å². The van der Waals surface area contributed by atoms with E-state index in [2.05, 4.69) is 10.1 Å². The van der Waals surface area contributed by atoms with Crippen molar-refractivity contribution in [2.24, 2.45) is 0 Å². The van der Waals surface area contributed by atoms with Gasteiger partial charge < -0.3 is 14.5 Å². The molecule has 0 radical (unpaired) electrons. The van der Waals surface area contributed by atoms with E-state index in [1.165, 1.54) is 49.6 Å². The summed E-state index contributed by atoms with van der Waals surface area (Å²) in [7, 11) is 1.18. The quantitative estimate of drug-likeness (QED) is 0.337. The molecule has 0 saturated carbocycles. The molecule has 12 heteroatoms. The van der Waals surface area contributed by atoms with Crippen LogP contribution in [0.2, 0.25) is 5.02 Å². The maximum atomic E-state index is 14.0. The molecule has 3 amide bonds. The lowest BCUT2D eigenvalue weighted by atomic mass is 10.1. The first-order valence-corrected chi connectivity index (χ1v) is 11.3. The van der Waals surface area contributed by atoms with Crippen LogP contribution in [0.25, 0.3) is 17.4 Å². The molecule has 1 saturated heterocycles. The maximum absolute atomic E-state index is 14.0. The predicted molar refractivity (Wildman–Crippen MR) is 128 cm³/mol. The van der Waals surface area contributed by atoms with Gasteiger partial charge in [0.1, 0.15) is 29.7 Å². The highest BCUT2D eigenvalue weighted by atomic mass is 35.5. The van der Waals surface area contributed by atoms with E-state index in [1.54, 1.807) is 0 Å². The number of imide groups is 1. The van der Waals surface area contributed by atoms with Crippen LogP contribution in [0.15, 0.2) is 57.9 Å². The van der Waals surface area contributed by atoms with Gasteiger partial charge in [-0.1, -0.05) is 11.6 Å². The summed E-state index contributed by atoms with van der Waals surface area (Å²) in [6.07, 6.45) is 1.29. The summed E-state index contributed by atoms with van der Waals surface area (Å²) in [5, 5.41) is 1.94. The fourth-order valence-electron chi connectivity index (χ4n) is 3.24. The minimum absolute atomic E-state index is 0.00671. The number of carbonyl (C=O) groups is 4. The van der Waals surface area contributed by atoms with Crippen LogP contribution < -0.4 is 5.32 Å². The molecule has 8 nitrogen and oxygen atoms in total. The molecule has 36 heavy (non-hydrogen) atoms. The summed E-state index contributed by atoms with van der Waals surface area (Å²) >= 11 is 6.56. The fraction of sp³-hybridized carbons (Fsp3) is 0.0833. The van der Waals surface area contributed by atoms with Gasteiger partial charge in [-0.15, -0.1) is 0 Å². The lowest BCUT2D eigenvalue weighted by Gasteiger charge is -2.13. The standard InChI is InChI=1S/C24H15ClF2N2O6S/c1-34-23(32)16-9-13(3-6-17(16)25)28-21(30)11-29-22(31)20(36-24(29)33)10-14-4-7-19(35-14)15-5-2-12(26)8-18(15)27/h2-10H,11H2,1H3,(H,28,30)/b20-10+. The molecule has 0 atom stereocenters. The Morgan fingerprint density at radius 2 is 1.92 bits per heavy atom. The minimum atomic E-state index is -0.818. The lowest BCUT2D eigenvalue weighted by Crippen LogP contribution is -2.36. The average molecular weight is 533 g/mol. The molecule has 2 heterocycles. The summed E-state index contributed by atoms with van der Waals surface area (Å²) < 4.78 is 37.3. The van der Waals surface area contributed by atoms with Crippen molar-refractivity contribution in [3.8, 4) is 11.3 Å². The van der Waals surface area contributed by atoms with Crippen LogP contribution in [-0.4, -0.2) is 41.6 Å². The Bertz CT molecular complexity index is 1440. The topological polar surface area (TPSA) is 106 Å². The molecule has 1 aliphatic heterocycles. The highest BCUT2D eigenvalue weighted by molar-refractivity contribution is 8.18. The Hall–Kier alpha value is -3.96. The summed E-state index contributed by atoms with van der Waals surface area (Å²) in [6.45, 7) is -0.581. The Labute approximate surface area is 211 Å². The van der Waals surface area contributed by atoms with Crippen molar-refractivity contribution in [3.05, 3.63) is 81.4 Å². The van der Waals surface area contributed by atoms with Crippen molar-refractivity contribution < 1.29 is 37.1 Å². The van der Waals surface area contributed by atoms with Crippen molar-refractivity contribution in [3.63, 3.8) is 0 Å². The number of nitrogens with zero attached hydrogens (tertiary/aromatic N) is 1. The Morgan fingerprint density at radius 1 is 1.14 bits per heavy atom. The third kappa shape index (κ3) is 5.31. The number of halogens is 3. The van der Waals surface area contributed by atoms with Crippen molar-refractivity contribution >= 4 is 58.1 Å². The van der Waals surface area contributed by atoms with Gasteiger partial charge in [-0.3, -0.25) is 19.3 Å². The van der Waals surface area contributed by atoms with Gasteiger partial charge in [0.15, 0.2) is 0 Å². The van der Waals surface area contributed by atoms with Crippen molar-refractivity contribution in [2.75, 3.05) is 19.0 Å². The molecule has 1 aliphatic rings. The number of hydrogen-bond donors (Lipinski definition) is 1. The van der Waals surface area contributed by atoms with Crippen molar-refractivity contribution in [2.45, 2.75) is 0 Å². The van der Waals surface area contributed by atoms with E-state index in [0.29, 0.717) is 17.8 Å². The SMILES string of the molecule is COC(=O)c1cc(NC(=O)CN2C(=O)S/C(=C/c3ccc(-c4ccc(F)cc4F)o3)C2=O)ccc1Cl. The molecule has 184 valence electrons. The second-order valence-electron chi connectivity index (χ2n) is 7.33. The summed E-state index contributed by atoms with van der Waals surface area (Å²) in [5.41, 5.74) is 0.270. The number of esters is 1. The smallest absolute Gasteiger partial charge is 0.339 e. The zero-order chi connectivity index (χ0) is 26.0. The summed E-state index contributed by atoms with van der Waals surface area (Å²) in [4.78, 5) is 50.0. The predicted octanol–water partition coefficient (Wildman–Crippen LogP) is 5.34. The van der Waals surface area contributed by atoms with E-state index in [4.69, 9.17) is 16.0 Å². The normalized spacial score (nSPS) is 14.4. The molecule has 1 aromatic heterocycles. The van der Waals surface area contributed by atoms with Gasteiger partial charge in [-0.2, -0.15) is 0 Å². The van der Waals surface area contributed by atoms with Gasteiger partial charge in [0.2, 0.25) is 5.91 Å². The number of anilines is 1. The van der Waals surface area contributed by atoms with Crippen molar-refractivity contribution in [1.82, 2.24) is 4.90 Å². The number of amides is 3. The van der Waals surface area contributed by atoms with Crippen LogP contribution in [-0.2, 0) is 14.3 Å². The van der Waals surface area contributed by atoms with Crippen LogP contribution in [0.4, 0.5) is 19.3 Å². The first kappa shape index (κ1) is 25.1. The van der Waals surface area contributed by atoms with Gasteiger partial charge >= 0.3 is 5.97 Å². The number of ether oxygens (including phenoxy) is 1. The number of carbonyl (C=O) groups excluding carboxylic acids is 4. The number of thioether (sulfide) groups is 1. The number of rotatable bonds is 6. The third-order valence-electron chi connectivity index (χ3n) is 4.93. The second-order valence-corrected chi connectivity index (χ2v) is 8.73. The van der Waals surface area contributed by atoms with E-state index in [-0.39, 0.29) is 38.3 Å². The summed E-state index contributed by atoms with van der Waals surface area (Å²) in [5.74, 6) is -3.41. The molecule has 0 bridgehead atoms. The highest BCUT2D eigenvalue weighted by Gasteiger charge is 2.36. The molecule has 4 rings (SSSR count). The number of hydrogen-bond acceptors (Lipinski definition) is 7. The monoisotopic (exact) mass is 532 g/mol. The van der Waals surface area contributed by atoms with Crippen LogP contribution in [0.3, 0.4) is 0 Å². The van der Waals surface area contributed by atoms with Gasteiger partial charge in [-0.05, 0) is 54.2 Å². The second kappa shape index (κ2) is 10.3. The Morgan fingerprint density at radius 3 is 2.64 bits per heavy atom. The number of furan rings is 1. The number of methoxy groups -OCH3 is 1. The first-order chi connectivity index (χ1) is 17.2. The van der Waals surface area contributed by atoms with E-state index >= 15 is 0 Å². The van der Waals surface area contributed by atoms with Gasteiger partial charge in [0.25, 0.3) is 11.1 Å². The fourth-order valence-corrected chi connectivity index (χ4v) is 4.26. The van der Waals surface area contributed by atoms with Gasteiger partial charge in [-0.25, -0.2) is 13.6 Å². The Balaban J connectivity index is 1.45. The lowest BCUT2D eigenvalue weighted by molar-refractivity contribution is -0.127. The molecule has 1 N–H and O–H groups in total. The van der Waals surface area contributed by atoms with Crippen LogP contribution in [0.5, 0.6) is 0 Å². The average Bonchev–Trinajstić information content (AvgIpc) is 3.40. The highest BCUT2D eigenvalue weighted by Crippen LogP contribution is 2.34. The number of benzene rings is 2. The molecule has 1 fully saturated rings. The molecule has 0 unspecified atom stereocenters. The van der Waals surface area contributed by atoms with E-state index in [0.717, 1.165) is 11.0 Å². The van der Waals surface area contributed by atoms with Gasteiger partial charge in [0.05, 0.1) is 28.2 Å². The minimum Gasteiger partial charge on any atom is -0.465 e. The zero-order valence-corrected chi connectivity index (χ0v) is 19.9. The van der Waals surface area contributed by atoms with Crippen LogP contribution in [0.1, 0.15) is 16.1 Å². The third-order valence-corrected chi connectivity index (χ3v) is 6.16. The zero-order valence-electron chi connectivity index (χ0n) is 18.3. The molecular weight excluding hydrogens is 518 g/mol.